The summed E-state index contributed by atoms with van der Waals surface area (Å²) in [6, 6.07) is 18.4. The predicted molar refractivity (Wildman–Crippen MR) is 109 cm³/mol. The Hall–Kier alpha value is -4.00. The van der Waals surface area contributed by atoms with Crippen LogP contribution in [0.3, 0.4) is 0 Å². The number of nitrogens with zero attached hydrogens (tertiary/aromatic N) is 1. The number of phenols is 2. The maximum Gasteiger partial charge on any atom is 0.271 e. The molecule has 148 valence electrons. The Kier molecular flexibility index (Phi) is 6.32. The Bertz CT molecular complexity index is 1010. The van der Waals surface area contributed by atoms with Gasteiger partial charge in [-0.1, -0.05) is 24.3 Å². The molecule has 0 atom stereocenters. The van der Waals surface area contributed by atoms with Gasteiger partial charge in [-0.15, -0.1) is 0 Å². The molecule has 0 spiro atoms. The molecule has 3 aromatic rings. The molecule has 0 bridgehead atoms. The first-order valence-electron chi connectivity index (χ1n) is 8.76. The second-order valence-electron chi connectivity index (χ2n) is 6.12. The minimum absolute atomic E-state index is 0.0854. The van der Waals surface area contributed by atoms with E-state index in [1.807, 2.05) is 36.4 Å². The minimum Gasteiger partial charge on any atom is -0.508 e. The molecule has 0 aliphatic rings. The van der Waals surface area contributed by atoms with Gasteiger partial charge in [-0.3, -0.25) is 4.79 Å². The molecule has 3 aromatic carbocycles. The minimum atomic E-state index is -0.567. The summed E-state index contributed by atoms with van der Waals surface area (Å²) in [6.07, 6.45) is 1.46. The smallest absolute Gasteiger partial charge is 0.271 e. The SMILES string of the molecule is COc1cccc(COc2ccccc2/C=N\NC(=O)c2cc(O)cc(O)c2)c1. The van der Waals surface area contributed by atoms with Crippen molar-refractivity contribution in [3.05, 3.63) is 83.4 Å². The van der Waals surface area contributed by atoms with E-state index in [0.29, 0.717) is 17.9 Å². The van der Waals surface area contributed by atoms with Gasteiger partial charge >= 0.3 is 0 Å². The zero-order chi connectivity index (χ0) is 20.6. The van der Waals surface area contributed by atoms with Crippen molar-refractivity contribution in [1.29, 1.82) is 0 Å². The lowest BCUT2D eigenvalue weighted by Gasteiger charge is -2.10. The topological polar surface area (TPSA) is 100 Å². The summed E-state index contributed by atoms with van der Waals surface area (Å²) in [4.78, 5) is 12.1. The molecule has 0 aliphatic heterocycles. The van der Waals surface area contributed by atoms with Gasteiger partial charge in [-0.2, -0.15) is 5.10 Å². The van der Waals surface area contributed by atoms with Crippen LogP contribution in [0.1, 0.15) is 21.5 Å². The van der Waals surface area contributed by atoms with Crippen LogP contribution in [0.5, 0.6) is 23.0 Å². The van der Waals surface area contributed by atoms with E-state index in [1.165, 1.54) is 18.3 Å². The lowest BCUT2D eigenvalue weighted by atomic mass is 10.2. The van der Waals surface area contributed by atoms with Gasteiger partial charge in [0.15, 0.2) is 0 Å². The molecule has 7 heteroatoms. The average molecular weight is 392 g/mol. The third kappa shape index (κ3) is 5.49. The lowest BCUT2D eigenvalue weighted by Crippen LogP contribution is -2.17. The van der Waals surface area contributed by atoms with Crippen LogP contribution in [0.4, 0.5) is 0 Å². The first-order valence-corrected chi connectivity index (χ1v) is 8.76. The summed E-state index contributed by atoms with van der Waals surface area (Å²) >= 11 is 0. The molecule has 0 fully saturated rings. The van der Waals surface area contributed by atoms with Gasteiger partial charge in [0, 0.05) is 17.2 Å². The Balaban J connectivity index is 1.66. The van der Waals surface area contributed by atoms with E-state index >= 15 is 0 Å². The van der Waals surface area contributed by atoms with Crippen molar-refractivity contribution < 1.29 is 24.5 Å². The highest BCUT2D eigenvalue weighted by atomic mass is 16.5. The van der Waals surface area contributed by atoms with E-state index in [-0.39, 0.29) is 17.1 Å². The largest absolute Gasteiger partial charge is 0.508 e. The third-order valence-corrected chi connectivity index (χ3v) is 3.98. The van der Waals surface area contributed by atoms with Crippen LogP contribution < -0.4 is 14.9 Å². The summed E-state index contributed by atoms with van der Waals surface area (Å²) in [5, 5.41) is 22.9. The maximum atomic E-state index is 12.1. The molecule has 0 aliphatic carbocycles. The van der Waals surface area contributed by atoms with E-state index < -0.39 is 5.91 Å². The van der Waals surface area contributed by atoms with Crippen molar-refractivity contribution in [3.63, 3.8) is 0 Å². The number of hydrogen-bond donors (Lipinski definition) is 3. The number of hydrazone groups is 1. The highest BCUT2D eigenvalue weighted by Crippen LogP contribution is 2.21. The number of para-hydroxylation sites is 1. The van der Waals surface area contributed by atoms with Crippen LogP contribution in [-0.4, -0.2) is 29.4 Å². The van der Waals surface area contributed by atoms with Crippen molar-refractivity contribution in [3.8, 4) is 23.0 Å². The highest BCUT2D eigenvalue weighted by Gasteiger charge is 2.08. The molecule has 0 saturated heterocycles. The van der Waals surface area contributed by atoms with Gasteiger partial charge in [-0.05, 0) is 42.0 Å². The van der Waals surface area contributed by atoms with Crippen LogP contribution in [0.15, 0.2) is 71.8 Å². The number of carbonyl (C=O) groups excluding carboxylic acids is 1. The molecule has 0 aromatic heterocycles. The van der Waals surface area contributed by atoms with E-state index in [4.69, 9.17) is 9.47 Å². The van der Waals surface area contributed by atoms with Gasteiger partial charge < -0.3 is 19.7 Å². The fourth-order valence-corrected chi connectivity index (χ4v) is 2.59. The fraction of sp³-hybridized carbons (Fsp3) is 0.0909. The van der Waals surface area contributed by atoms with Crippen LogP contribution in [0.2, 0.25) is 0 Å². The van der Waals surface area contributed by atoms with Crippen molar-refractivity contribution in [1.82, 2.24) is 5.43 Å². The van der Waals surface area contributed by atoms with Crippen molar-refractivity contribution in [2.24, 2.45) is 5.10 Å². The van der Waals surface area contributed by atoms with Crippen LogP contribution in [-0.2, 0) is 6.61 Å². The lowest BCUT2D eigenvalue weighted by molar-refractivity contribution is 0.0954. The van der Waals surface area contributed by atoms with Gasteiger partial charge in [-0.25, -0.2) is 5.43 Å². The summed E-state index contributed by atoms with van der Waals surface area (Å²) in [7, 11) is 1.61. The van der Waals surface area contributed by atoms with Crippen LogP contribution in [0, 0.1) is 0 Å². The van der Waals surface area contributed by atoms with Crippen molar-refractivity contribution in [2.75, 3.05) is 7.11 Å². The number of aromatic hydroxyl groups is 2. The van der Waals surface area contributed by atoms with E-state index in [9.17, 15) is 15.0 Å². The van der Waals surface area contributed by atoms with Crippen LogP contribution >= 0.6 is 0 Å². The average Bonchev–Trinajstić information content (AvgIpc) is 2.72. The number of amides is 1. The standard InChI is InChI=1S/C22H20N2O5/c1-28-20-7-4-5-15(9-20)14-29-21-8-3-2-6-16(21)13-23-24-22(27)17-10-18(25)12-19(26)11-17/h2-13,25-26H,14H2,1H3,(H,24,27)/b23-13-. The summed E-state index contributed by atoms with van der Waals surface area (Å²) < 4.78 is 11.1. The number of hydrogen-bond acceptors (Lipinski definition) is 6. The molecule has 29 heavy (non-hydrogen) atoms. The Labute approximate surface area is 167 Å². The van der Waals surface area contributed by atoms with Crippen LogP contribution in [0.25, 0.3) is 0 Å². The molecular weight excluding hydrogens is 372 g/mol. The highest BCUT2D eigenvalue weighted by molar-refractivity contribution is 5.95. The number of benzene rings is 3. The van der Waals surface area contributed by atoms with Gasteiger partial charge in [0.25, 0.3) is 5.91 Å². The summed E-state index contributed by atoms with van der Waals surface area (Å²) in [6.45, 7) is 0.344. The Morgan fingerprint density at radius 2 is 1.79 bits per heavy atom. The van der Waals surface area contributed by atoms with Crippen molar-refractivity contribution >= 4 is 12.1 Å². The number of nitrogens with one attached hydrogen (secondary N) is 1. The molecular formula is C22H20N2O5. The normalized spacial score (nSPS) is 10.7. The zero-order valence-electron chi connectivity index (χ0n) is 15.7. The van der Waals surface area contributed by atoms with Gasteiger partial charge in [0.1, 0.15) is 29.6 Å². The summed E-state index contributed by atoms with van der Waals surface area (Å²) in [5.41, 5.74) is 4.07. The second-order valence-corrected chi connectivity index (χ2v) is 6.12. The molecule has 3 N–H and O–H groups in total. The molecule has 0 saturated carbocycles. The van der Waals surface area contributed by atoms with Crippen molar-refractivity contribution in [2.45, 2.75) is 6.61 Å². The maximum absolute atomic E-state index is 12.1. The fourth-order valence-electron chi connectivity index (χ4n) is 2.59. The number of methoxy groups -OCH3 is 1. The molecule has 0 unspecified atom stereocenters. The summed E-state index contributed by atoms with van der Waals surface area (Å²) in [5.74, 6) is 0.359. The van der Waals surface area contributed by atoms with Gasteiger partial charge in [0.2, 0.25) is 0 Å². The van der Waals surface area contributed by atoms with Gasteiger partial charge in [0.05, 0.1) is 13.3 Å². The quantitative estimate of drug-likeness (QED) is 0.422. The molecule has 0 radical (unpaired) electrons. The van der Waals surface area contributed by atoms with E-state index in [0.717, 1.165) is 17.4 Å². The molecule has 3 rings (SSSR count). The second kappa shape index (κ2) is 9.27. The Morgan fingerprint density at radius 1 is 1.03 bits per heavy atom. The first kappa shape index (κ1) is 19.8. The monoisotopic (exact) mass is 392 g/mol. The van der Waals surface area contributed by atoms with E-state index in [2.05, 4.69) is 10.5 Å². The molecule has 1 amide bonds. The zero-order valence-corrected chi connectivity index (χ0v) is 15.7. The first-order chi connectivity index (χ1) is 14.0. The third-order valence-electron chi connectivity index (χ3n) is 3.98. The van der Waals surface area contributed by atoms with E-state index in [1.54, 1.807) is 19.2 Å². The Morgan fingerprint density at radius 3 is 2.55 bits per heavy atom. The number of carbonyl (C=O) groups is 1. The number of rotatable bonds is 7. The molecule has 0 heterocycles. The predicted octanol–water partition coefficient (Wildman–Crippen LogP) is 3.45. The number of ether oxygens (including phenoxy) is 2. The number of phenolic OH excluding ortho intramolecular Hbond substituents is 2. The molecule has 7 nitrogen and oxygen atoms in total.